The van der Waals surface area contributed by atoms with E-state index in [4.69, 9.17) is 13.9 Å². The number of hydrogen-bond acceptors (Lipinski definition) is 7. The van der Waals surface area contributed by atoms with Crippen molar-refractivity contribution in [3.63, 3.8) is 0 Å². The summed E-state index contributed by atoms with van der Waals surface area (Å²) >= 11 is 0. The summed E-state index contributed by atoms with van der Waals surface area (Å²) in [6, 6.07) is 9.41. The highest BCUT2D eigenvalue weighted by Crippen LogP contribution is 2.38. The highest BCUT2D eigenvalue weighted by Gasteiger charge is 2.29. The molecule has 8 heteroatoms. The van der Waals surface area contributed by atoms with Gasteiger partial charge in [-0.25, -0.2) is 9.97 Å². The SMILES string of the molecule is c1ccc(-n2nc(C3CC3)nc2CCCc2nc(-c3ccco3)no2)nc1. The Morgan fingerprint density at radius 2 is 2.04 bits per heavy atom. The van der Waals surface area contributed by atoms with Crippen LogP contribution in [0, 0.1) is 0 Å². The van der Waals surface area contributed by atoms with Crippen molar-refractivity contribution in [2.24, 2.45) is 0 Å². The lowest BCUT2D eigenvalue weighted by molar-refractivity contribution is 0.374. The Balaban J connectivity index is 1.29. The van der Waals surface area contributed by atoms with Crippen LogP contribution in [0.2, 0.25) is 0 Å². The van der Waals surface area contributed by atoms with Crippen molar-refractivity contribution in [1.82, 2.24) is 29.9 Å². The van der Waals surface area contributed by atoms with Gasteiger partial charge in [-0.15, -0.1) is 5.10 Å². The van der Waals surface area contributed by atoms with Gasteiger partial charge in [-0.3, -0.25) is 0 Å². The zero-order valence-corrected chi connectivity index (χ0v) is 14.7. The summed E-state index contributed by atoms with van der Waals surface area (Å²) in [4.78, 5) is 13.5. The molecular weight excluding hydrogens is 344 g/mol. The molecule has 0 N–H and O–H groups in total. The molecule has 0 radical (unpaired) electrons. The zero-order chi connectivity index (χ0) is 18.1. The number of aromatic nitrogens is 6. The molecular formula is C19H18N6O2. The van der Waals surface area contributed by atoms with Gasteiger partial charge in [-0.1, -0.05) is 11.2 Å². The third-order valence-corrected chi connectivity index (χ3v) is 4.50. The van der Waals surface area contributed by atoms with E-state index in [9.17, 15) is 0 Å². The van der Waals surface area contributed by atoms with Gasteiger partial charge in [0.1, 0.15) is 5.82 Å². The molecule has 0 aliphatic heterocycles. The number of pyridine rings is 1. The van der Waals surface area contributed by atoms with E-state index in [1.54, 1.807) is 18.5 Å². The van der Waals surface area contributed by atoms with Gasteiger partial charge < -0.3 is 8.94 Å². The average molecular weight is 362 g/mol. The number of aryl methyl sites for hydroxylation is 2. The topological polar surface area (TPSA) is 95.7 Å². The number of nitrogens with zero attached hydrogens (tertiary/aromatic N) is 6. The summed E-state index contributed by atoms with van der Waals surface area (Å²) in [7, 11) is 0. The number of rotatable bonds is 7. The lowest BCUT2D eigenvalue weighted by Gasteiger charge is -2.03. The lowest BCUT2D eigenvalue weighted by Crippen LogP contribution is -2.05. The van der Waals surface area contributed by atoms with E-state index in [0.29, 0.717) is 29.8 Å². The number of hydrogen-bond donors (Lipinski definition) is 0. The van der Waals surface area contributed by atoms with Crippen LogP contribution in [0.25, 0.3) is 17.4 Å². The Hall–Kier alpha value is -3.29. The Labute approximate surface area is 155 Å². The molecule has 0 saturated heterocycles. The third kappa shape index (κ3) is 3.38. The molecule has 27 heavy (non-hydrogen) atoms. The molecule has 4 aromatic heterocycles. The van der Waals surface area contributed by atoms with E-state index in [0.717, 1.165) is 30.3 Å². The Bertz CT molecular complexity index is 1020. The minimum atomic E-state index is 0.475. The molecule has 0 aromatic carbocycles. The lowest BCUT2D eigenvalue weighted by atomic mass is 10.2. The zero-order valence-electron chi connectivity index (χ0n) is 14.7. The molecule has 1 aliphatic carbocycles. The summed E-state index contributed by atoms with van der Waals surface area (Å²) in [5.74, 6) is 4.81. The maximum absolute atomic E-state index is 5.32. The van der Waals surface area contributed by atoms with Crippen molar-refractivity contribution in [2.75, 3.05) is 0 Å². The molecule has 1 saturated carbocycles. The molecule has 1 aliphatic rings. The van der Waals surface area contributed by atoms with Crippen LogP contribution in [0.1, 0.15) is 42.7 Å². The smallest absolute Gasteiger partial charge is 0.238 e. The molecule has 0 atom stereocenters. The van der Waals surface area contributed by atoms with E-state index in [2.05, 4.69) is 20.2 Å². The fourth-order valence-electron chi connectivity index (χ4n) is 2.96. The van der Waals surface area contributed by atoms with Crippen molar-refractivity contribution < 1.29 is 8.94 Å². The van der Waals surface area contributed by atoms with Crippen molar-refractivity contribution >= 4 is 0 Å². The molecule has 0 spiro atoms. The number of furan rings is 1. The van der Waals surface area contributed by atoms with Gasteiger partial charge in [0.25, 0.3) is 0 Å². The van der Waals surface area contributed by atoms with Crippen LogP contribution in [0.4, 0.5) is 0 Å². The third-order valence-electron chi connectivity index (χ3n) is 4.50. The predicted molar refractivity (Wildman–Crippen MR) is 95.2 cm³/mol. The Kier molecular flexibility index (Phi) is 4.00. The van der Waals surface area contributed by atoms with Gasteiger partial charge in [-0.2, -0.15) is 9.67 Å². The summed E-state index contributed by atoms with van der Waals surface area (Å²) in [6.07, 6.45) is 7.96. The van der Waals surface area contributed by atoms with E-state index >= 15 is 0 Å². The highest BCUT2D eigenvalue weighted by molar-refractivity contribution is 5.44. The van der Waals surface area contributed by atoms with Gasteiger partial charge in [-0.05, 0) is 43.5 Å². The molecule has 5 rings (SSSR count). The second-order valence-electron chi connectivity index (χ2n) is 6.60. The first-order valence-corrected chi connectivity index (χ1v) is 9.10. The van der Waals surface area contributed by atoms with Gasteiger partial charge in [0.05, 0.1) is 6.26 Å². The Morgan fingerprint density at radius 1 is 1.07 bits per heavy atom. The molecule has 4 heterocycles. The fourth-order valence-corrected chi connectivity index (χ4v) is 2.96. The molecule has 0 unspecified atom stereocenters. The van der Waals surface area contributed by atoms with Crippen molar-refractivity contribution in [2.45, 2.75) is 38.0 Å². The maximum atomic E-state index is 5.32. The van der Waals surface area contributed by atoms with Crippen molar-refractivity contribution in [3.05, 3.63) is 60.3 Å². The van der Waals surface area contributed by atoms with Crippen LogP contribution in [0.3, 0.4) is 0 Å². The molecule has 0 amide bonds. The quantitative estimate of drug-likeness (QED) is 0.497. The van der Waals surface area contributed by atoms with Crippen LogP contribution >= 0.6 is 0 Å². The molecule has 4 aromatic rings. The standard InChI is InChI=1S/C19H18N6O2/c1-2-11-20-15(6-1)25-16(21-18(23-25)13-9-10-13)7-3-8-17-22-19(24-27-17)14-5-4-12-26-14/h1-2,4-6,11-13H,3,7-10H2. The molecule has 136 valence electrons. The van der Waals surface area contributed by atoms with Gasteiger partial charge in [0.2, 0.25) is 11.7 Å². The minimum Gasteiger partial charge on any atom is -0.461 e. The monoisotopic (exact) mass is 362 g/mol. The van der Waals surface area contributed by atoms with Gasteiger partial charge in [0, 0.05) is 25.0 Å². The van der Waals surface area contributed by atoms with Crippen LogP contribution in [0.5, 0.6) is 0 Å². The van der Waals surface area contributed by atoms with E-state index in [-0.39, 0.29) is 0 Å². The van der Waals surface area contributed by atoms with E-state index in [1.165, 1.54) is 12.8 Å². The van der Waals surface area contributed by atoms with Gasteiger partial charge >= 0.3 is 0 Å². The van der Waals surface area contributed by atoms with Crippen LogP contribution in [-0.2, 0) is 12.8 Å². The second kappa shape index (κ2) is 6.79. The highest BCUT2D eigenvalue weighted by atomic mass is 16.5. The first kappa shape index (κ1) is 15.9. The summed E-state index contributed by atoms with van der Waals surface area (Å²) in [5, 5.41) is 8.65. The van der Waals surface area contributed by atoms with Crippen molar-refractivity contribution in [3.8, 4) is 17.4 Å². The first-order valence-electron chi connectivity index (χ1n) is 9.10. The summed E-state index contributed by atoms with van der Waals surface area (Å²) < 4.78 is 12.5. The van der Waals surface area contributed by atoms with Crippen LogP contribution < -0.4 is 0 Å². The molecule has 1 fully saturated rings. The second-order valence-corrected chi connectivity index (χ2v) is 6.60. The minimum absolute atomic E-state index is 0.475. The maximum Gasteiger partial charge on any atom is 0.238 e. The fraction of sp³-hybridized carbons (Fsp3) is 0.316. The van der Waals surface area contributed by atoms with Gasteiger partial charge in [0.15, 0.2) is 17.4 Å². The molecule has 8 nitrogen and oxygen atoms in total. The largest absolute Gasteiger partial charge is 0.461 e. The first-order chi connectivity index (χ1) is 13.4. The summed E-state index contributed by atoms with van der Waals surface area (Å²) in [5.41, 5.74) is 0. The van der Waals surface area contributed by atoms with E-state index in [1.807, 2.05) is 28.9 Å². The van der Waals surface area contributed by atoms with Crippen LogP contribution in [-0.4, -0.2) is 29.9 Å². The normalized spacial score (nSPS) is 13.9. The summed E-state index contributed by atoms with van der Waals surface area (Å²) in [6.45, 7) is 0. The molecule has 0 bridgehead atoms. The predicted octanol–water partition coefficient (Wildman–Crippen LogP) is 3.36. The van der Waals surface area contributed by atoms with Crippen molar-refractivity contribution in [1.29, 1.82) is 0 Å². The average Bonchev–Trinajstić information content (AvgIpc) is 3.12. The Morgan fingerprint density at radius 3 is 2.81 bits per heavy atom. The van der Waals surface area contributed by atoms with Crippen LogP contribution in [0.15, 0.2) is 51.7 Å². The van der Waals surface area contributed by atoms with E-state index < -0.39 is 0 Å².